The van der Waals surface area contributed by atoms with Crippen molar-refractivity contribution in [2.45, 2.75) is 71.3 Å². The zero-order valence-electron chi connectivity index (χ0n) is 15.8. The highest BCUT2D eigenvalue weighted by Crippen LogP contribution is 2.06. The standard InChI is InChI=1S/C16H30N4O6/c1-7(2)6-11(20-15(24)12(17)10(5)21)14(23)18-8(3)13(22)19-9(4)16(25)26/h7-12,21H,6,17H2,1-5H3,(H,18,23)(H,19,22)(H,20,24)(H,25,26). The number of aliphatic hydroxyl groups excluding tert-OH is 1. The second-order valence-electron chi connectivity index (χ2n) is 6.76. The number of carbonyl (C=O) groups is 4. The first-order chi connectivity index (χ1) is 11.9. The fourth-order valence-corrected chi connectivity index (χ4v) is 1.97. The molecule has 0 spiro atoms. The fourth-order valence-electron chi connectivity index (χ4n) is 1.97. The van der Waals surface area contributed by atoms with Crippen molar-refractivity contribution in [2.75, 3.05) is 0 Å². The van der Waals surface area contributed by atoms with Gasteiger partial charge in [-0.05, 0) is 33.1 Å². The van der Waals surface area contributed by atoms with E-state index in [-0.39, 0.29) is 5.92 Å². The lowest BCUT2D eigenvalue weighted by molar-refractivity contribution is -0.141. The summed E-state index contributed by atoms with van der Waals surface area (Å²) in [5.74, 6) is -3.09. The van der Waals surface area contributed by atoms with E-state index < -0.39 is 54.0 Å². The van der Waals surface area contributed by atoms with Gasteiger partial charge >= 0.3 is 5.97 Å². The summed E-state index contributed by atoms with van der Waals surface area (Å²) in [5, 5.41) is 25.3. The summed E-state index contributed by atoms with van der Waals surface area (Å²) in [5.41, 5.74) is 5.56. The lowest BCUT2D eigenvalue weighted by Crippen LogP contribution is -2.57. The second-order valence-corrected chi connectivity index (χ2v) is 6.76. The van der Waals surface area contributed by atoms with Crippen LogP contribution in [0.4, 0.5) is 0 Å². The van der Waals surface area contributed by atoms with Crippen LogP contribution >= 0.6 is 0 Å². The van der Waals surface area contributed by atoms with Gasteiger partial charge in [0.25, 0.3) is 0 Å². The topological polar surface area (TPSA) is 171 Å². The third-order valence-corrected chi connectivity index (χ3v) is 3.64. The van der Waals surface area contributed by atoms with Crippen LogP contribution in [-0.4, -0.2) is 64.2 Å². The van der Waals surface area contributed by atoms with Crippen molar-refractivity contribution in [3.63, 3.8) is 0 Å². The molecule has 7 N–H and O–H groups in total. The number of amides is 3. The Hall–Kier alpha value is -2.20. The lowest BCUT2D eigenvalue weighted by atomic mass is 10.0. The molecule has 0 aliphatic carbocycles. The Kier molecular flexibility index (Phi) is 9.81. The summed E-state index contributed by atoms with van der Waals surface area (Å²) in [6, 6.07) is -4.23. The molecule has 5 unspecified atom stereocenters. The number of nitrogens with one attached hydrogen (secondary N) is 3. The van der Waals surface area contributed by atoms with Crippen molar-refractivity contribution < 1.29 is 29.4 Å². The van der Waals surface area contributed by atoms with E-state index in [2.05, 4.69) is 16.0 Å². The second kappa shape index (κ2) is 10.7. The first kappa shape index (κ1) is 23.8. The molecule has 26 heavy (non-hydrogen) atoms. The highest BCUT2D eigenvalue weighted by Gasteiger charge is 2.28. The summed E-state index contributed by atoms with van der Waals surface area (Å²) in [4.78, 5) is 47.1. The van der Waals surface area contributed by atoms with E-state index in [9.17, 15) is 24.3 Å². The van der Waals surface area contributed by atoms with Crippen LogP contribution in [0.25, 0.3) is 0 Å². The van der Waals surface area contributed by atoms with Crippen LogP contribution in [0.3, 0.4) is 0 Å². The van der Waals surface area contributed by atoms with Crippen molar-refractivity contribution in [2.24, 2.45) is 11.7 Å². The van der Waals surface area contributed by atoms with Gasteiger partial charge < -0.3 is 31.9 Å². The zero-order valence-corrected chi connectivity index (χ0v) is 15.8. The smallest absolute Gasteiger partial charge is 0.325 e. The Labute approximate surface area is 152 Å². The molecule has 5 atom stereocenters. The third kappa shape index (κ3) is 8.26. The predicted octanol–water partition coefficient (Wildman–Crippen LogP) is -1.68. The van der Waals surface area contributed by atoms with Crippen molar-refractivity contribution in [3.05, 3.63) is 0 Å². The van der Waals surface area contributed by atoms with E-state index in [1.807, 2.05) is 13.8 Å². The zero-order chi connectivity index (χ0) is 20.6. The molecule has 0 aromatic rings. The summed E-state index contributed by atoms with van der Waals surface area (Å²) in [6.45, 7) is 7.76. The fraction of sp³-hybridized carbons (Fsp3) is 0.750. The van der Waals surface area contributed by atoms with Gasteiger partial charge in [0.1, 0.15) is 24.2 Å². The summed E-state index contributed by atoms with van der Waals surface area (Å²) in [7, 11) is 0. The molecule has 10 nitrogen and oxygen atoms in total. The Morgan fingerprint density at radius 2 is 1.35 bits per heavy atom. The van der Waals surface area contributed by atoms with E-state index in [1.54, 1.807) is 0 Å². The molecule has 0 saturated carbocycles. The molecule has 0 aliphatic heterocycles. The molecule has 150 valence electrons. The van der Waals surface area contributed by atoms with Crippen LogP contribution in [0.2, 0.25) is 0 Å². The number of carboxylic acid groups (broad SMARTS) is 1. The van der Waals surface area contributed by atoms with E-state index in [4.69, 9.17) is 10.8 Å². The maximum atomic E-state index is 12.4. The highest BCUT2D eigenvalue weighted by atomic mass is 16.4. The van der Waals surface area contributed by atoms with Gasteiger partial charge in [0.2, 0.25) is 17.7 Å². The molecule has 10 heteroatoms. The first-order valence-electron chi connectivity index (χ1n) is 8.44. The third-order valence-electron chi connectivity index (χ3n) is 3.64. The van der Waals surface area contributed by atoms with E-state index in [0.717, 1.165) is 0 Å². The first-order valence-corrected chi connectivity index (χ1v) is 8.44. The SMILES string of the molecule is CC(C)CC(NC(=O)C(N)C(C)O)C(=O)NC(C)C(=O)NC(C)C(=O)O. The number of aliphatic hydroxyl groups is 1. The molecule has 0 aromatic carbocycles. The quantitative estimate of drug-likeness (QED) is 0.265. The molecule has 0 rings (SSSR count). The summed E-state index contributed by atoms with van der Waals surface area (Å²) < 4.78 is 0. The average Bonchev–Trinajstić information content (AvgIpc) is 2.52. The summed E-state index contributed by atoms with van der Waals surface area (Å²) in [6.07, 6.45) is -0.788. The minimum atomic E-state index is -1.20. The molecule has 0 fully saturated rings. The van der Waals surface area contributed by atoms with Crippen LogP contribution in [0, 0.1) is 5.92 Å². The maximum absolute atomic E-state index is 12.4. The van der Waals surface area contributed by atoms with Crippen molar-refractivity contribution >= 4 is 23.7 Å². The van der Waals surface area contributed by atoms with Crippen molar-refractivity contribution in [1.82, 2.24) is 16.0 Å². The van der Waals surface area contributed by atoms with Crippen LogP contribution in [0.1, 0.15) is 41.0 Å². The largest absolute Gasteiger partial charge is 0.480 e. The van der Waals surface area contributed by atoms with Crippen LogP contribution < -0.4 is 21.7 Å². The van der Waals surface area contributed by atoms with E-state index in [1.165, 1.54) is 20.8 Å². The molecule has 0 aromatic heterocycles. The van der Waals surface area contributed by atoms with Gasteiger partial charge in [-0.3, -0.25) is 19.2 Å². The number of carboxylic acids is 1. The van der Waals surface area contributed by atoms with Crippen molar-refractivity contribution in [1.29, 1.82) is 0 Å². The van der Waals surface area contributed by atoms with Crippen LogP contribution in [-0.2, 0) is 19.2 Å². The number of hydrogen-bond acceptors (Lipinski definition) is 6. The minimum Gasteiger partial charge on any atom is -0.480 e. The van der Waals surface area contributed by atoms with Crippen LogP contribution in [0.15, 0.2) is 0 Å². The molecule has 0 saturated heterocycles. The van der Waals surface area contributed by atoms with Gasteiger partial charge in [0.05, 0.1) is 6.10 Å². The van der Waals surface area contributed by atoms with Crippen molar-refractivity contribution in [3.8, 4) is 0 Å². The maximum Gasteiger partial charge on any atom is 0.325 e. The molecule has 0 radical (unpaired) electrons. The Morgan fingerprint density at radius 1 is 0.846 bits per heavy atom. The van der Waals surface area contributed by atoms with Gasteiger partial charge in [-0.15, -0.1) is 0 Å². The number of carbonyl (C=O) groups excluding carboxylic acids is 3. The van der Waals surface area contributed by atoms with Gasteiger partial charge in [-0.2, -0.15) is 0 Å². The highest BCUT2D eigenvalue weighted by molar-refractivity contribution is 5.93. The number of hydrogen-bond donors (Lipinski definition) is 6. The molecule has 0 heterocycles. The molecule has 0 aliphatic rings. The lowest BCUT2D eigenvalue weighted by Gasteiger charge is -2.24. The average molecular weight is 374 g/mol. The predicted molar refractivity (Wildman–Crippen MR) is 93.9 cm³/mol. The summed E-state index contributed by atoms with van der Waals surface area (Å²) >= 11 is 0. The van der Waals surface area contributed by atoms with E-state index in [0.29, 0.717) is 6.42 Å². The molecule has 0 bridgehead atoms. The van der Waals surface area contributed by atoms with E-state index >= 15 is 0 Å². The van der Waals surface area contributed by atoms with Gasteiger partial charge in [-0.25, -0.2) is 0 Å². The van der Waals surface area contributed by atoms with Gasteiger partial charge in [0, 0.05) is 0 Å². The molecule has 3 amide bonds. The van der Waals surface area contributed by atoms with Gasteiger partial charge in [-0.1, -0.05) is 13.8 Å². The Morgan fingerprint density at radius 3 is 1.77 bits per heavy atom. The number of nitrogens with two attached hydrogens (primary N) is 1. The monoisotopic (exact) mass is 374 g/mol. The molecular formula is C16H30N4O6. The molecular weight excluding hydrogens is 344 g/mol. The number of rotatable bonds is 10. The van der Waals surface area contributed by atoms with Gasteiger partial charge in [0.15, 0.2) is 0 Å². The normalized spacial score (nSPS) is 16.8. The number of aliphatic carboxylic acids is 1. The minimum absolute atomic E-state index is 0.0602. The Bertz CT molecular complexity index is 523. The van der Waals surface area contributed by atoms with Crippen LogP contribution in [0.5, 0.6) is 0 Å². The Balaban J connectivity index is 4.94.